The maximum Gasteiger partial charge on any atom is 0.271 e. The number of methoxy groups -OCH3 is 3. The van der Waals surface area contributed by atoms with E-state index in [1.807, 2.05) is 24.3 Å². The van der Waals surface area contributed by atoms with Crippen molar-refractivity contribution in [1.82, 2.24) is 5.43 Å². The molecule has 0 heterocycles. The number of amides is 1. The van der Waals surface area contributed by atoms with Gasteiger partial charge in [-0.05, 0) is 69.5 Å². The van der Waals surface area contributed by atoms with Gasteiger partial charge in [0, 0.05) is 10.6 Å². The largest absolute Gasteiger partial charge is 0.493 e. The quantitative estimate of drug-likeness (QED) is 0.291. The first-order valence-corrected chi connectivity index (χ1v) is 10.9. The lowest BCUT2D eigenvalue weighted by Gasteiger charge is -2.13. The summed E-state index contributed by atoms with van der Waals surface area (Å²) in [7, 11) is 4.58. The highest BCUT2D eigenvalue weighted by atomic mass is 79.9. The number of ether oxygens (including phenoxy) is 4. The number of nitrogens with zero attached hydrogens (tertiary/aromatic N) is 1. The van der Waals surface area contributed by atoms with Gasteiger partial charge in [-0.25, -0.2) is 5.43 Å². The molecular formula is C24H22BrClN2O5. The summed E-state index contributed by atoms with van der Waals surface area (Å²) in [6, 6.07) is 15.8. The lowest BCUT2D eigenvalue weighted by Crippen LogP contribution is -2.17. The van der Waals surface area contributed by atoms with Crippen LogP contribution < -0.4 is 24.4 Å². The van der Waals surface area contributed by atoms with E-state index in [1.54, 1.807) is 37.4 Å². The van der Waals surface area contributed by atoms with E-state index in [0.717, 1.165) is 5.56 Å². The second-order valence-electron chi connectivity index (χ2n) is 6.72. The van der Waals surface area contributed by atoms with E-state index in [0.29, 0.717) is 50.2 Å². The molecule has 0 aliphatic carbocycles. The molecule has 1 amide bonds. The van der Waals surface area contributed by atoms with Gasteiger partial charge in [-0.15, -0.1) is 0 Å². The molecule has 0 spiro atoms. The highest BCUT2D eigenvalue weighted by Gasteiger charge is 2.13. The fourth-order valence-electron chi connectivity index (χ4n) is 2.94. The van der Waals surface area contributed by atoms with Crippen molar-refractivity contribution in [1.29, 1.82) is 0 Å². The molecule has 0 bridgehead atoms. The van der Waals surface area contributed by atoms with E-state index in [-0.39, 0.29) is 5.91 Å². The Morgan fingerprint density at radius 1 is 1.00 bits per heavy atom. The number of rotatable bonds is 9. The molecule has 0 atom stereocenters. The summed E-state index contributed by atoms with van der Waals surface area (Å²) in [4.78, 5) is 12.4. The lowest BCUT2D eigenvalue weighted by atomic mass is 10.2. The third-order valence-corrected chi connectivity index (χ3v) is 5.37. The maximum absolute atomic E-state index is 12.4. The Labute approximate surface area is 205 Å². The first kappa shape index (κ1) is 24.4. The molecule has 172 valence electrons. The third-order valence-electron chi connectivity index (χ3n) is 4.55. The number of hydrazone groups is 1. The number of halogens is 2. The Balaban J connectivity index is 1.69. The van der Waals surface area contributed by atoms with Crippen molar-refractivity contribution in [2.75, 3.05) is 21.3 Å². The number of carbonyl (C=O) groups excluding carboxylic acids is 1. The van der Waals surface area contributed by atoms with Crippen LogP contribution >= 0.6 is 27.5 Å². The maximum atomic E-state index is 12.4. The minimum atomic E-state index is -0.389. The molecule has 7 nitrogen and oxygen atoms in total. The number of carbonyl (C=O) groups is 1. The summed E-state index contributed by atoms with van der Waals surface area (Å²) in [5.74, 6) is 1.66. The summed E-state index contributed by atoms with van der Waals surface area (Å²) in [6.07, 6.45) is 1.51. The zero-order chi connectivity index (χ0) is 23.8. The van der Waals surface area contributed by atoms with Gasteiger partial charge in [-0.3, -0.25) is 4.79 Å². The minimum absolute atomic E-state index is 0.324. The van der Waals surface area contributed by atoms with E-state index in [1.165, 1.54) is 20.4 Å². The van der Waals surface area contributed by atoms with Crippen LogP contribution in [0.25, 0.3) is 0 Å². The van der Waals surface area contributed by atoms with E-state index in [4.69, 9.17) is 30.5 Å². The highest BCUT2D eigenvalue weighted by Crippen LogP contribution is 2.37. The second kappa shape index (κ2) is 11.6. The van der Waals surface area contributed by atoms with Crippen molar-refractivity contribution in [2.24, 2.45) is 5.10 Å². The van der Waals surface area contributed by atoms with Crippen LogP contribution in [0, 0.1) is 0 Å². The van der Waals surface area contributed by atoms with Crippen LogP contribution in [-0.4, -0.2) is 33.5 Å². The van der Waals surface area contributed by atoms with Crippen molar-refractivity contribution in [3.05, 3.63) is 80.8 Å². The van der Waals surface area contributed by atoms with Gasteiger partial charge in [-0.2, -0.15) is 5.10 Å². The Hall–Kier alpha value is -3.23. The molecule has 0 aromatic heterocycles. The van der Waals surface area contributed by atoms with Crippen LogP contribution in [0.4, 0.5) is 0 Å². The standard InChI is InChI=1S/C24H22BrClN2O5/c1-30-20-8-7-17(12-21(20)31-2)24(29)28-27-13-16-10-19(25)23(22(11-16)32-3)33-14-15-5-4-6-18(26)9-15/h4-13H,14H2,1-3H3,(H,28,29)/b27-13+. The van der Waals surface area contributed by atoms with E-state index >= 15 is 0 Å². The molecule has 0 aliphatic heterocycles. The molecule has 0 aliphatic rings. The van der Waals surface area contributed by atoms with Gasteiger partial charge in [0.05, 0.1) is 32.0 Å². The average Bonchev–Trinajstić information content (AvgIpc) is 2.82. The Bertz CT molecular complexity index is 1170. The average molecular weight is 534 g/mol. The fraction of sp³-hybridized carbons (Fsp3) is 0.167. The summed E-state index contributed by atoms with van der Waals surface area (Å²) >= 11 is 9.54. The Morgan fingerprint density at radius 3 is 2.45 bits per heavy atom. The molecule has 0 fully saturated rings. The number of benzene rings is 3. The molecule has 0 saturated carbocycles. The molecule has 3 aromatic rings. The Morgan fingerprint density at radius 2 is 1.76 bits per heavy atom. The molecule has 0 unspecified atom stereocenters. The Kier molecular flexibility index (Phi) is 8.57. The van der Waals surface area contributed by atoms with Gasteiger partial charge in [0.15, 0.2) is 23.0 Å². The summed E-state index contributed by atoms with van der Waals surface area (Å²) in [5.41, 5.74) is 4.50. The predicted octanol–water partition coefficient (Wildman–Crippen LogP) is 5.47. The van der Waals surface area contributed by atoms with Crippen molar-refractivity contribution >= 4 is 39.7 Å². The van der Waals surface area contributed by atoms with Crippen molar-refractivity contribution in [2.45, 2.75) is 6.61 Å². The van der Waals surface area contributed by atoms with Crippen LogP contribution in [0.5, 0.6) is 23.0 Å². The van der Waals surface area contributed by atoms with Crippen molar-refractivity contribution in [3.8, 4) is 23.0 Å². The van der Waals surface area contributed by atoms with Crippen LogP contribution in [0.2, 0.25) is 5.02 Å². The van der Waals surface area contributed by atoms with E-state index < -0.39 is 0 Å². The smallest absolute Gasteiger partial charge is 0.271 e. The minimum Gasteiger partial charge on any atom is -0.493 e. The molecule has 1 N–H and O–H groups in total. The van der Waals surface area contributed by atoms with Gasteiger partial charge in [0.1, 0.15) is 6.61 Å². The van der Waals surface area contributed by atoms with Crippen molar-refractivity contribution in [3.63, 3.8) is 0 Å². The number of nitrogens with one attached hydrogen (secondary N) is 1. The SMILES string of the molecule is COc1ccc(C(=O)N/N=C/c2cc(Br)c(OCc3cccc(Cl)c3)c(OC)c2)cc1OC. The number of hydrogen-bond acceptors (Lipinski definition) is 6. The van der Waals surface area contributed by atoms with Gasteiger partial charge in [0.2, 0.25) is 0 Å². The summed E-state index contributed by atoms with van der Waals surface area (Å²) in [6.45, 7) is 0.324. The molecule has 3 rings (SSSR count). The molecular weight excluding hydrogens is 512 g/mol. The third kappa shape index (κ3) is 6.40. The highest BCUT2D eigenvalue weighted by molar-refractivity contribution is 9.10. The van der Waals surface area contributed by atoms with Crippen LogP contribution in [0.1, 0.15) is 21.5 Å². The normalized spacial score (nSPS) is 10.7. The van der Waals surface area contributed by atoms with Crippen molar-refractivity contribution < 1.29 is 23.7 Å². The predicted molar refractivity (Wildman–Crippen MR) is 131 cm³/mol. The molecule has 0 radical (unpaired) electrons. The first-order valence-electron chi connectivity index (χ1n) is 9.75. The molecule has 0 saturated heterocycles. The van der Waals surface area contributed by atoms with Gasteiger partial charge >= 0.3 is 0 Å². The van der Waals surface area contributed by atoms with E-state index in [2.05, 4.69) is 26.5 Å². The van der Waals surface area contributed by atoms with E-state index in [9.17, 15) is 4.79 Å². The zero-order valence-electron chi connectivity index (χ0n) is 18.2. The second-order valence-corrected chi connectivity index (χ2v) is 8.01. The topological polar surface area (TPSA) is 78.4 Å². The van der Waals surface area contributed by atoms with Gasteiger partial charge in [0.25, 0.3) is 5.91 Å². The summed E-state index contributed by atoms with van der Waals surface area (Å²) < 4.78 is 22.5. The van der Waals surface area contributed by atoms with Crippen LogP contribution in [-0.2, 0) is 6.61 Å². The van der Waals surface area contributed by atoms with Crippen LogP contribution in [0.3, 0.4) is 0 Å². The molecule has 9 heteroatoms. The lowest BCUT2D eigenvalue weighted by molar-refractivity contribution is 0.0954. The van der Waals surface area contributed by atoms with Crippen LogP contribution in [0.15, 0.2) is 64.2 Å². The fourth-order valence-corrected chi connectivity index (χ4v) is 3.73. The first-order chi connectivity index (χ1) is 15.9. The molecule has 33 heavy (non-hydrogen) atoms. The summed E-state index contributed by atoms with van der Waals surface area (Å²) in [5, 5.41) is 4.68. The number of hydrogen-bond donors (Lipinski definition) is 1. The van der Waals surface area contributed by atoms with Gasteiger partial charge < -0.3 is 18.9 Å². The van der Waals surface area contributed by atoms with Gasteiger partial charge in [-0.1, -0.05) is 23.7 Å². The zero-order valence-corrected chi connectivity index (χ0v) is 20.6. The molecule has 3 aromatic carbocycles. The monoisotopic (exact) mass is 532 g/mol.